The normalized spacial score (nSPS) is 26.1. The van der Waals surface area contributed by atoms with Crippen molar-refractivity contribution in [2.75, 3.05) is 37.6 Å². The van der Waals surface area contributed by atoms with E-state index in [2.05, 4.69) is 10.2 Å². The summed E-state index contributed by atoms with van der Waals surface area (Å²) in [6, 6.07) is 13.2. The maximum Gasteiger partial charge on any atom is 0.287 e. The second kappa shape index (κ2) is 9.51. The lowest BCUT2D eigenvalue weighted by Crippen LogP contribution is -2.49. The molecule has 2 aliphatic heterocycles. The first-order valence-electron chi connectivity index (χ1n) is 10.4. The summed E-state index contributed by atoms with van der Waals surface area (Å²) in [6.45, 7) is 2.63. The van der Waals surface area contributed by atoms with Crippen LogP contribution in [-0.2, 0) is 9.53 Å². The van der Waals surface area contributed by atoms with Crippen LogP contribution < -0.4 is 10.2 Å². The Labute approximate surface area is 180 Å². The predicted octanol–water partition coefficient (Wildman–Crippen LogP) is 0.238. The van der Waals surface area contributed by atoms with Crippen molar-refractivity contribution in [1.82, 2.24) is 10.2 Å². The summed E-state index contributed by atoms with van der Waals surface area (Å²) in [4.78, 5) is 28.7. The number of hydrogen-bond donors (Lipinski definition) is 3. The minimum absolute atomic E-state index is 0.00179. The summed E-state index contributed by atoms with van der Waals surface area (Å²) >= 11 is 0. The fourth-order valence-electron chi connectivity index (χ4n) is 4.01. The molecular weight excluding hydrogens is 402 g/mol. The second-order valence-corrected chi connectivity index (χ2v) is 7.79. The van der Waals surface area contributed by atoms with Crippen molar-refractivity contribution in [2.24, 2.45) is 0 Å². The molecule has 2 fully saturated rings. The molecule has 0 radical (unpaired) electrons. The Kier molecular flexibility index (Phi) is 6.55. The van der Waals surface area contributed by atoms with E-state index in [-0.39, 0.29) is 24.6 Å². The summed E-state index contributed by atoms with van der Waals surface area (Å²) in [6.07, 6.45) is -2.64. The predicted molar refractivity (Wildman–Crippen MR) is 112 cm³/mol. The number of hydrogen-bond acceptors (Lipinski definition) is 7. The molecule has 0 bridgehead atoms. The molecule has 0 saturated carbocycles. The van der Waals surface area contributed by atoms with Crippen molar-refractivity contribution < 1.29 is 29.0 Å². The van der Waals surface area contributed by atoms with Crippen molar-refractivity contribution in [1.29, 1.82) is 0 Å². The van der Waals surface area contributed by atoms with Gasteiger partial charge in [0.1, 0.15) is 18.3 Å². The van der Waals surface area contributed by atoms with E-state index < -0.39 is 30.3 Å². The third-order valence-corrected chi connectivity index (χ3v) is 5.80. The van der Waals surface area contributed by atoms with Crippen molar-refractivity contribution >= 4 is 17.5 Å². The zero-order valence-corrected chi connectivity index (χ0v) is 17.1. The molecule has 0 spiro atoms. The van der Waals surface area contributed by atoms with Gasteiger partial charge in [-0.2, -0.15) is 0 Å². The lowest BCUT2D eigenvalue weighted by Gasteiger charge is -2.36. The van der Waals surface area contributed by atoms with Crippen LogP contribution in [0.15, 0.2) is 53.1 Å². The number of carbonyl (C=O) groups excluding carboxylic acids is 2. The number of amides is 2. The van der Waals surface area contributed by atoms with Crippen molar-refractivity contribution in [3.8, 4) is 0 Å². The molecule has 1 aromatic heterocycles. The molecule has 3 heterocycles. The minimum atomic E-state index is -1.19. The van der Waals surface area contributed by atoms with Crippen LogP contribution in [0.2, 0.25) is 0 Å². The summed E-state index contributed by atoms with van der Waals surface area (Å²) in [5.74, 6) is -0.412. The van der Waals surface area contributed by atoms with Gasteiger partial charge in [-0.25, -0.2) is 0 Å². The molecule has 2 aliphatic rings. The number of rotatable bonds is 6. The first-order valence-corrected chi connectivity index (χ1v) is 10.4. The third kappa shape index (κ3) is 4.90. The average Bonchev–Trinajstić information content (AvgIpc) is 3.43. The fourth-order valence-corrected chi connectivity index (χ4v) is 4.01. The number of furan rings is 1. The van der Waals surface area contributed by atoms with Crippen LogP contribution in [0.3, 0.4) is 0 Å². The molecule has 2 aromatic rings. The molecule has 166 valence electrons. The Morgan fingerprint density at radius 2 is 1.68 bits per heavy atom. The van der Waals surface area contributed by atoms with Crippen LogP contribution in [0.25, 0.3) is 0 Å². The monoisotopic (exact) mass is 429 g/mol. The van der Waals surface area contributed by atoms with Gasteiger partial charge in [-0.05, 0) is 24.3 Å². The molecule has 0 unspecified atom stereocenters. The molecule has 3 N–H and O–H groups in total. The molecule has 31 heavy (non-hydrogen) atoms. The number of ether oxygens (including phenoxy) is 1. The first kappa shape index (κ1) is 21.4. The summed E-state index contributed by atoms with van der Waals surface area (Å²) in [7, 11) is 0. The molecular formula is C22H27N3O6. The molecule has 4 atom stereocenters. The lowest BCUT2D eigenvalue weighted by molar-refractivity contribution is -0.135. The van der Waals surface area contributed by atoms with Crippen LogP contribution in [0.1, 0.15) is 17.0 Å². The van der Waals surface area contributed by atoms with E-state index in [1.165, 1.54) is 12.3 Å². The van der Waals surface area contributed by atoms with Gasteiger partial charge in [0.15, 0.2) is 5.76 Å². The van der Waals surface area contributed by atoms with Crippen LogP contribution in [-0.4, -0.2) is 84.1 Å². The molecule has 9 heteroatoms. The highest BCUT2D eigenvalue weighted by Gasteiger charge is 2.44. The highest BCUT2D eigenvalue weighted by molar-refractivity contribution is 5.91. The van der Waals surface area contributed by atoms with E-state index in [0.717, 1.165) is 18.8 Å². The number of nitrogens with zero attached hydrogens (tertiary/aromatic N) is 2. The zero-order chi connectivity index (χ0) is 21.8. The van der Waals surface area contributed by atoms with Gasteiger partial charge in [-0.1, -0.05) is 18.2 Å². The summed E-state index contributed by atoms with van der Waals surface area (Å²) in [5.41, 5.74) is 1.13. The Bertz CT molecular complexity index is 867. The average molecular weight is 429 g/mol. The molecule has 0 aliphatic carbocycles. The molecule has 9 nitrogen and oxygen atoms in total. The third-order valence-electron chi connectivity index (χ3n) is 5.80. The van der Waals surface area contributed by atoms with Gasteiger partial charge >= 0.3 is 0 Å². The van der Waals surface area contributed by atoms with Gasteiger partial charge in [0, 0.05) is 38.4 Å². The topological polar surface area (TPSA) is 115 Å². The van der Waals surface area contributed by atoms with E-state index in [1.807, 2.05) is 30.3 Å². The molecule has 4 rings (SSSR count). The van der Waals surface area contributed by atoms with Gasteiger partial charge in [-0.3, -0.25) is 9.59 Å². The van der Waals surface area contributed by atoms with E-state index >= 15 is 0 Å². The number of benzene rings is 1. The SMILES string of the molecule is O=C(NC[C@H]1O[C@H](CC(=O)N2CCN(c3ccccc3)CC2)[C@H](O)[C@@H]1O)c1ccco1. The lowest BCUT2D eigenvalue weighted by atomic mass is 10.0. The summed E-state index contributed by atoms with van der Waals surface area (Å²) < 4.78 is 10.7. The second-order valence-electron chi connectivity index (χ2n) is 7.79. The number of carbonyl (C=O) groups is 2. The summed E-state index contributed by atoms with van der Waals surface area (Å²) in [5, 5.41) is 23.2. The largest absolute Gasteiger partial charge is 0.459 e. The maximum absolute atomic E-state index is 12.7. The smallest absolute Gasteiger partial charge is 0.287 e. The first-order chi connectivity index (χ1) is 15.0. The number of aliphatic hydroxyl groups excluding tert-OH is 2. The van der Waals surface area contributed by atoms with Crippen molar-refractivity contribution in [2.45, 2.75) is 30.8 Å². The molecule has 2 saturated heterocycles. The maximum atomic E-state index is 12.7. The van der Waals surface area contributed by atoms with E-state index in [4.69, 9.17) is 9.15 Å². The van der Waals surface area contributed by atoms with Crippen LogP contribution in [0.4, 0.5) is 5.69 Å². The highest BCUT2D eigenvalue weighted by atomic mass is 16.5. The fraction of sp³-hybridized carbons (Fsp3) is 0.455. The van der Waals surface area contributed by atoms with Gasteiger partial charge in [-0.15, -0.1) is 0 Å². The van der Waals surface area contributed by atoms with E-state index in [1.54, 1.807) is 11.0 Å². The number of para-hydroxylation sites is 1. The van der Waals surface area contributed by atoms with Crippen LogP contribution in [0.5, 0.6) is 0 Å². The van der Waals surface area contributed by atoms with Gasteiger partial charge < -0.3 is 34.5 Å². The number of piperazine rings is 1. The standard InChI is InChI=1S/C22H27N3O6/c26-19(25-10-8-24(9-11-25)15-5-2-1-3-6-15)13-17-20(27)21(28)18(31-17)14-23-22(29)16-7-4-12-30-16/h1-7,12,17-18,20-21,27-28H,8-11,13-14H2,(H,23,29)/t17-,18-,20+,21-/m1/s1. The number of aliphatic hydroxyl groups is 2. The van der Waals surface area contributed by atoms with E-state index in [9.17, 15) is 19.8 Å². The number of nitrogens with one attached hydrogen (secondary N) is 1. The van der Waals surface area contributed by atoms with Gasteiger partial charge in [0.05, 0.1) is 18.8 Å². The Balaban J connectivity index is 1.25. The minimum Gasteiger partial charge on any atom is -0.459 e. The molecule has 2 amide bonds. The number of anilines is 1. The van der Waals surface area contributed by atoms with E-state index in [0.29, 0.717) is 13.1 Å². The van der Waals surface area contributed by atoms with Crippen LogP contribution >= 0.6 is 0 Å². The Morgan fingerprint density at radius 3 is 2.35 bits per heavy atom. The van der Waals surface area contributed by atoms with Crippen molar-refractivity contribution in [3.63, 3.8) is 0 Å². The zero-order valence-electron chi connectivity index (χ0n) is 17.1. The van der Waals surface area contributed by atoms with Gasteiger partial charge in [0.25, 0.3) is 5.91 Å². The Hall–Kier alpha value is -2.88. The molecule has 1 aromatic carbocycles. The van der Waals surface area contributed by atoms with Crippen LogP contribution in [0, 0.1) is 0 Å². The Morgan fingerprint density at radius 1 is 0.968 bits per heavy atom. The van der Waals surface area contributed by atoms with Crippen molar-refractivity contribution in [3.05, 3.63) is 54.5 Å². The quantitative estimate of drug-likeness (QED) is 0.602. The highest BCUT2D eigenvalue weighted by Crippen LogP contribution is 2.25. The van der Waals surface area contributed by atoms with Gasteiger partial charge in [0.2, 0.25) is 5.91 Å².